The van der Waals surface area contributed by atoms with Gasteiger partial charge in [-0.2, -0.15) is 5.10 Å². The van der Waals surface area contributed by atoms with Gasteiger partial charge in [0.15, 0.2) is 5.69 Å². The number of hydrogen-bond acceptors (Lipinski definition) is 5. The van der Waals surface area contributed by atoms with Crippen molar-refractivity contribution >= 4 is 28.6 Å². The van der Waals surface area contributed by atoms with Crippen LogP contribution in [0.5, 0.6) is 0 Å². The monoisotopic (exact) mass is 441 g/mol. The van der Waals surface area contributed by atoms with Crippen molar-refractivity contribution in [2.45, 2.75) is 31.7 Å². The van der Waals surface area contributed by atoms with E-state index in [0.717, 1.165) is 36.6 Å². The SMILES string of the molecule is COCC(=O)N1CCN(C(=O)c2nn(C)c3ccccc23)CCNC(=O)[C@H]2CCCC[C@H]21. The Balaban J connectivity index is 1.61. The lowest BCUT2D eigenvalue weighted by Crippen LogP contribution is -2.56. The van der Waals surface area contributed by atoms with Gasteiger partial charge in [0.25, 0.3) is 5.91 Å². The number of nitrogens with one attached hydrogen (secondary N) is 1. The number of ether oxygens (including phenoxy) is 1. The predicted molar refractivity (Wildman–Crippen MR) is 119 cm³/mol. The molecule has 2 heterocycles. The van der Waals surface area contributed by atoms with E-state index in [1.807, 2.05) is 31.3 Å². The van der Waals surface area contributed by atoms with Crippen molar-refractivity contribution in [2.75, 3.05) is 39.9 Å². The van der Waals surface area contributed by atoms with E-state index in [2.05, 4.69) is 10.4 Å². The highest BCUT2D eigenvalue weighted by Crippen LogP contribution is 2.29. The van der Waals surface area contributed by atoms with Gasteiger partial charge in [-0.3, -0.25) is 19.1 Å². The predicted octanol–water partition coefficient (Wildman–Crippen LogP) is 1.18. The summed E-state index contributed by atoms with van der Waals surface area (Å²) in [7, 11) is 3.31. The minimum Gasteiger partial charge on any atom is -0.375 e. The molecule has 0 bridgehead atoms. The molecule has 172 valence electrons. The Morgan fingerprint density at radius 1 is 1.16 bits per heavy atom. The van der Waals surface area contributed by atoms with Gasteiger partial charge in [-0.15, -0.1) is 0 Å². The molecule has 9 heteroatoms. The van der Waals surface area contributed by atoms with Crippen LogP contribution in [0, 0.1) is 5.92 Å². The standard InChI is InChI=1S/C23H31N5O4/c1-26-18-9-5-3-7-16(18)21(25-26)23(31)27-12-11-24-22(30)17-8-4-6-10-19(17)28(14-13-27)20(29)15-32-2/h3,5,7,9,17,19H,4,6,8,10-15H2,1-2H3,(H,24,30)/t17-,19+/m0/s1. The molecule has 1 saturated carbocycles. The number of hydrogen-bond donors (Lipinski definition) is 1. The summed E-state index contributed by atoms with van der Waals surface area (Å²) in [6.07, 6.45) is 3.52. The van der Waals surface area contributed by atoms with Crippen LogP contribution in [0.3, 0.4) is 0 Å². The zero-order valence-electron chi connectivity index (χ0n) is 18.7. The van der Waals surface area contributed by atoms with Gasteiger partial charge in [-0.25, -0.2) is 0 Å². The van der Waals surface area contributed by atoms with E-state index in [0.29, 0.717) is 31.9 Å². The van der Waals surface area contributed by atoms with Crippen LogP contribution in [0.1, 0.15) is 36.2 Å². The van der Waals surface area contributed by atoms with Crippen LogP contribution in [0.25, 0.3) is 10.9 Å². The average Bonchev–Trinajstić information content (AvgIpc) is 3.14. The normalized spacial score (nSPS) is 22.4. The van der Waals surface area contributed by atoms with Gasteiger partial charge < -0.3 is 19.9 Å². The van der Waals surface area contributed by atoms with Crippen molar-refractivity contribution in [1.29, 1.82) is 0 Å². The number of benzene rings is 1. The minimum absolute atomic E-state index is 0.0380. The summed E-state index contributed by atoms with van der Waals surface area (Å²) in [5.41, 5.74) is 1.27. The lowest BCUT2D eigenvalue weighted by atomic mass is 9.82. The first-order valence-electron chi connectivity index (χ1n) is 11.3. The second-order valence-corrected chi connectivity index (χ2v) is 8.55. The van der Waals surface area contributed by atoms with E-state index in [1.54, 1.807) is 14.5 Å². The Morgan fingerprint density at radius 2 is 1.94 bits per heavy atom. The minimum atomic E-state index is -0.216. The fraction of sp³-hybridized carbons (Fsp3) is 0.565. The summed E-state index contributed by atoms with van der Waals surface area (Å²) >= 11 is 0. The molecule has 1 aromatic carbocycles. The smallest absolute Gasteiger partial charge is 0.275 e. The molecule has 0 spiro atoms. The van der Waals surface area contributed by atoms with Crippen LogP contribution in [0.4, 0.5) is 0 Å². The molecule has 0 unspecified atom stereocenters. The second kappa shape index (κ2) is 9.68. The number of para-hydroxylation sites is 1. The summed E-state index contributed by atoms with van der Waals surface area (Å²) < 4.78 is 6.80. The summed E-state index contributed by atoms with van der Waals surface area (Å²) in [4.78, 5) is 42.7. The Labute approximate surface area is 187 Å². The molecule has 2 atom stereocenters. The van der Waals surface area contributed by atoms with Crippen molar-refractivity contribution in [1.82, 2.24) is 24.9 Å². The van der Waals surface area contributed by atoms with Gasteiger partial charge in [0, 0.05) is 51.8 Å². The molecule has 32 heavy (non-hydrogen) atoms. The highest BCUT2D eigenvalue weighted by Gasteiger charge is 2.38. The van der Waals surface area contributed by atoms with Crippen molar-refractivity contribution in [3.63, 3.8) is 0 Å². The van der Waals surface area contributed by atoms with Gasteiger partial charge in [0.05, 0.1) is 11.4 Å². The summed E-state index contributed by atoms with van der Waals surface area (Å²) in [6, 6.07) is 7.45. The fourth-order valence-electron chi connectivity index (χ4n) is 4.98. The average molecular weight is 442 g/mol. The number of carbonyl (C=O) groups excluding carboxylic acids is 3. The second-order valence-electron chi connectivity index (χ2n) is 8.55. The first-order valence-corrected chi connectivity index (χ1v) is 11.3. The third-order valence-corrected chi connectivity index (χ3v) is 6.59. The van der Waals surface area contributed by atoms with Crippen LogP contribution in [0.15, 0.2) is 24.3 Å². The summed E-state index contributed by atoms with van der Waals surface area (Å²) in [5, 5.41) is 8.25. The van der Waals surface area contributed by atoms with E-state index < -0.39 is 0 Å². The molecule has 2 aromatic rings. The molecule has 2 fully saturated rings. The lowest BCUT2D eigenvalue weighted by Gasteiger charge is -2.41. The maximum Gasteiger partial charge on any atom is 0.275 e. The van der Waals surface area contributed by atoms with E-state index in [4.69, 9.17) is 4.74 Å². The summed E-state index contributed by atoms with van der Waals surface area (Å²) in [5.74, 6) is -0.599. The van der Waals surface area contributed by atoms with Crippen LogP contribution in [-0.2, 0) is 21.4 Å². The zero-order chi connectivity index (χ0) is 22.7. The number of methoxy groups -OCH3 is 1. The number of amides is 3. The highest BCUT2D eigenvalue weighted by molar-refractivity contribution is 6.04. The topological polar surface area (TPSA) is 96.8 Å². The first-order chi connectivity index (χ1) is 15.5. The molecule has 9 nitrogen and oxygen atoms in total. The number of nitrogens with zero attached hydrogens (tertiary/aromatic N) is 4. The number of rotatable bonds is 3. The van der Waals surface area contributed by atoms with Gasteiger partial charge in [0.1, 0.15) is 6.61 Å². The largest absolute Gasteiger partial charge is 0.375 e. The molecule has 0 radical (unpaired) electrons. The van der Waals surface area contributed by atoms with Crippen LogP contribution >= 0.6 is 0 Å². The first kappa shape index (κ1) is 22.3. The number of aryl methyl sites for hydroxylation is 1. The van der Waals surface area contributed by atoms with Crippen LogP contribution in [-0.4, -0.2) is 83.2 Å². The number of carbonyl (C=O) groups is 3. The molecule has 1 N–H and O–H groups in total. The van der Waals surface area contributed by atoms with E-state index in [-0.39, 0.29) is 36.3 Å². The van der Waals surface area contributed by atoms with Crippen molar-refractivity contribution in [2.24, 2.45) is 13.0 Å². The van der Waals surface area contributed by atoms with E-state index >= 15 is 0 Å². The third kappa shape index (κ3) is 4.34. The molecular formula is C23H31N5O4. The molecule has 2 aliphatic rings. The molecule has 1 aromatic heterocycles. The molecule has 4 rings (SSSR count). The Bertz CT molecular complexity index is 1000. The van der Waals surface area contributed by atoms with Gasteiger partial charge in [0.2, 0.25) is 11.8 Å². The van der Waals surface area contributed by atoms with Gasteiger partial charge in [-0.05, 0) is 18.9 Å². The molecule has 1 aliphatic carbocycles. The van der Waals surface area contributed by atoms with Crippen molar-refractivity contribution in [3.05, 3.63) is 30.0 Å². The number of aromatic nitrogens is 2. The maximum atomic E-state index is 13.5. The Morgan fingerprint density at radius 3 is 2.75 bits per heavy atom. The third-order valence-electron chi connectivity index (χ3n) is 6.59. The maximum absolute atomic E-state index is 13.5. The lowest BCUT2D eigenvalue weighted by molar-refractivity contribution is -0.142. The molecular weight excluding hydrogens is 410 g/mol. The number of fused-ring (bicyclic) bond motifs is 2. The molecule has 1 aliphatic heterocycles. The molecule has 1 saturated heterocycles. The fourth-order valence-corrected chi connectivity index (χ4v) is 4.98. The van der Waals surface area contributed by atoms with Gasteiger partial charge in [-0.1, -0.05) is 31.0 Å². The molecule has 3 amide bonds. The van der Waals surface area contributed by atoms with Crippen LogP contribution in [0.2, 0.25) is 0 Å². The highest BCUT2D eigenvalue weighted by atomic mass is 16.5. The Hall–Kier alpha value is -2.94. The quantitative estimate of drug-likeness (QED) is 0.772. The zero-order valence-corrected chi connectivity index (χ0v) is 18.7. The van der Waals surface area contributed by atoms with Crippen molar-refractivity contribution in [3.8, 4) is 0 Å². The van der Waals surface area contributed by atoms with Crippen molar-refractivity contribution < 1.29 is 19.1 Å². The van der Waals surface area contributed by atoms with Gasteiger partial charge >= 0.3 is 0 Å². The summed E-state index contributed by atoms with van der Waals surface area (Å²) in [6.45, 7) is 1.44. The van der Waals surface area contributed by atoms with E-state index in [1.165, 1.54) is 7.11 Å². The van der Waals surface area contributed by atoms with Crippen LogP contribution < -0.4 is 5.32 Å². The Kier molecular flexibility index (Phi) is 6.74. The van der Waals surface area contributed by atoms with E-state index in [9.17, 15) is 14.4 Å².